The number of hydrogen-bond acceptors (Lipinski definition) is 4. The van der Waals surface area contributed by atoms with E-state index in [-0.39, 0.29) is 12.5 Å². The van der Waals surface area contributed by atoms with E-state index >= 15 is 0 Å². The smallest absolute Gasteiger partial charge is 0.259 e. The first-order valence-corrected chi connectivity index (χ1v) is 10.5. The van der Waals surface area contributed by atoms with Crippen molar-refractivity contribution in [2.45, 2.75) is 26.8 Å². The first kappa shape index (κ1) is 24.1. The molecule has 0 radical (unpaired) electrons. The Labute approximate surface area is 185 Å². The van der Waals surface area contributed by atoms with Crippen molar-refractivity contribution >= 4 is 11.9 Å². The van der Waals surface area contributed by atoms with Crippen molar-refractivity contribution in [3.8, 4) is 11.5 Å². The Morgan fingerprint density at radius 3 is 2.65 bits per heavy atom. The van der Waals surface area contributed by atoms with Crippen molar-refractivity contribution in [1.82, 2.24) is 15.5 Å². The number of nitrogens with zero attached hydrogens (tertiary/aromatic N) is 2. The molecule has 0 aliphatic heterocycles. The Morgan fingerprint density at radius 2 is 1.94 bits per heavy atom. The average Bonchev–Trinajstić information content (AvgIpc) is 2.76. The molecule has 0 aliphatic rings. The number of nitrogens with one attached hydrogen (secondary N) is 2. The second kappa shape index (κ2) is 12.5. The zero-order valence-corrected chi connectivity index (χ0v) is 19.2. The summed E-state index contributed by atoms with van der Waals surface area (Å²) in [5, 5.41) is 6.65. The molecule has 0 aromatic heterocycles. The minimum Gasteiger partial charge on any atom is -0.496 e. The standard InChI is InChI=1S/C24H34N4O3/c1-6-25-24(26-13-12-20-14-18(2)10-11-22(20)30-5)27-16-19-8-7-9-21(15-19)31-17-23(29)28(3)4/h7-11,14-15H,6,12-13,16-17H2,1-5H3,(H2,25,26,27). The molecule has 0 saturated carbocycles. The van der Waals surface area contributed by atoms with Gasteiger partial charge in [0.1, 0.15) is 11.5 Å². The van der Waals surface area contributed by atoms with Crippen molar-refractivity contribution < 1.29 is 14.3 Å². The molecule has 2 aromatic rings. The number of hydrogen-bond donors (Lipinski definition) is 2. The molecule has 31 heavy (non-hydrogen) atoms. The lowest BCUT2D eigenvalue weighted by Crippen LogP contribution is -2.38. The average molecular weight is 427 g/mol. The quantitative estimate of drug-likeness (QED) is 0.451. The van der Waals surface area contributed by atoms with Crippen LogP contribution in [0.5, 0.6) is 11.5 Å². The molecule has 7 heteroatoms. The highest BCUT2D eigenvalue weighted by molar-refractivity contribution is 5.79. The Hall–Kier alpha value is -3.22. The summed E-state index contributed by atoms with van der Waals surface area (Å²) >= 11 is 0. The van der Waals surface area contributed by atoms with E-state index in [2.05, 4.69) is 34.7 Å². The second-order valence-corrected chi connectivity index (χ2v) is 7.41. The van der Waals surface area contributed by atoms with Gasteiger partial charge in [-0.1, -0.05) is 29.8 Å². The molecule has 0 bridgehead atoms. The topological polar surface area (TPSA) is 75.2 Å². The van der Waals surface area contributed by atoms with E-state index in [0.29, 0.717) is 12.3 Å². The van der Waals surface area contributed by atoms with Crippen LogP contribution in [0.25, 0.3) is 0 Å². The van der Waals surface area contributed by atoms with Crippen LogP contribution >= 0.6 is 0 Å². The van der Waals surface area contributed by atoms with Crippen LogP contribution in [0.3, 0.4) is 0 Å². The van der Waals surface area contributed by atoms with Crippen molar-refractivity contribution in [1.29, 1.82) is 0 Å². The van der Waals surface area contributed by atoms with Gasteiger partial charge in [-0.3, -0.25) is 4.79 Å². The van der Waals surface area contributed by atoms with Gasteiger partial charge in [0.25, 0.3) is 5.91 Å². The third-order valence-electron chi connectivity index (χ3n) is 4.65. The number of carbonyl (C=O) groups excluding carboxylic acids is 1. The van der Waals surface area contributed by atoms with E-state index < -0.39 is 0 Å². The fourth-order valence-electron chi connectivity index (χ4n) is 2.94. The largest absolute Gasteiger partial charge is 0.496 e. The minimum atomic E-state index is -0.0766. The van der Waals surface area contributed by atoms with E-state index in [1.807, 2.05) is 37.3 Å². The van der Waals surface area contributed by atoms with Crippen molar-refractivity contribution in [2.24, 2.45) is 4.99 Å². The normalized spacial score (nSPS) is 11.1. The maximum absolute atomic E-state index is 11.7. The summed E-state index contributed by atoms with van der Waals surface area (Å²) in [6, 6.07) is 13.9. The van der Waals surface area contributed by atoms with Gasteiger partial charge in [0.05, 0.1) is 13.7 Å². The maximum atomic E-state index is 11.7. The monoisotopic (exact) mass is 426 g/mol. The number of aliphatic imine (C=N–C) groups is 1. The molecule has 0 atom stereocenters. The van der Waals surface area contributed by atoms with Crippen LogP contribution in [0.15, 0.2) is 47.5 Å². The van der Waals surface area contributed by atoms with Gasteiger partial charge in [0.15, 0.2) is 12.6 Å². The highest BCUT2D eigenvalue weighted by Gasteiger charge is 2.06. The lowest BCUT2D eigenvalue weighted by Gasteiger charge is -2.14. The fraction of sp³-hybridized carbons (Fsp3) is 0.417. The number of guanidine groups is 1. The molecule has 2 N–H and O–H groups in total. The van der Waals surface area contributed by atoms with Crippen molar-refractivity contribution in [3.05, 3.63) is 59.2 Å². The van der Waals surface area contributed by atoms with E-state index in [1.165, 1.54) is 16.0 Å². The van der Waals surface area contributed by atoms with Crippen molar-refractivity contribution in [2.75, 3.05) is 40.9 Å². The van der Waals surface area contributed by atoms with Crippen LogP contribution in [0.4, 0.5) is 0 Å². The highest BCUT2D eigenvalue weighted by Crippen LogP contribution is 2.19. The third-order valence-corrected chi connectivity index (χ3v) is 4.65. The first-order valence-electron chi connectivity index (χ1n) is 10.5. The van der Waals surface area contributed by atoms with Crippen LogP contribution in [-0.4, -0.2) is 57.7 Å². The second-order valence-electron chi connectivity index (χ2n) is 7.41. The molecule has 0 unspecified atom stereocenters. The van der Waals surface area contributed by atoms with Gasteiger partial charge in [0.2, 0.25) is 0 Å². The van der Waals surface area contributed by atoms with E-state index in [4.69, 9.17) is 9.47 Å². The summed E-state index contributed by atoms with van der Waals surface area (Å²) in [4.78, 5) is 17.9. The number of aryl methyl sites for hydroxylation is 1. The van der Waals surface area contributed by atoms with Gasteiger partial charge >= 0.3 is 0 Å². The molecular formula is C24H34N4O3. The molecule has 0 heterocycles. The summed E-state index contributed by atoms with van der Waals surface area (Å²) in [6.07, 6.45) is 0.832. The minimum absolute atomic E-state index is 0.0202. The van der Waals surface area contributed by atoms with Gasteiger partial charge in [-0.25, -0.2) is 4.99 Å². The number of likely N-dealkylation sites (N-methyl/N-ethyl adjacent to an activating group) is 1. The van der Waals surface area contributed by atoms with Gasteiger partial charge in [-0.2, -0.15) is 0 Å². The summed E-state index contributed by atoms with van der Waals surface area (Å²) in [5.74, 6) is 2.24. The number of methoxy groups -OCH3 is 1. The van der Waals surface area contributed by atoms with Crippen LogP contribution in [0.1, 0.15) is 23.6 Å². The maximum Gasteiger partial charge on any atom is 0.259 e. The van der Waals surface area contributed by atoms with Gasteiger partial charge < -0.3 is 25.0 Å². The van der Waals surface area contributed by atoms with E-state index in [9.17, 15) is 4.79 Å². The molecule has 2 aromatic carbocycles. The molecule has 168 valence electrons. The molecule has 0 spiro atoms. The lowest BCUT2D eigenvalue weighted by atomic mass is 10.1. The predicted molar refractivity (Wildman–Crippen MR) is 125 cm³/mol. The Balaban J connectivity index is 1.94. The summed E-state index contributed by atoms with van der Waals surface area (Å²) in [5.41, 5.74) is 3.39. The van der Waals surface area contributed by atoms with Crippen LogP contribution < -0.4 is 20.1 Å². The van der Waals surface area contributed by atoms with Gasteiger partial charge in [-0.05, 0) is 49.6 Å². The molecule has 0 fully saturated rings. The van der Waals surface area contributed by atoms with E-state index in [0.717, 1.165) is 36.8 Å². The molecule has 0 saturated heterocycles. The number of rotatable bonds is 10. The zero-order chi connectivity index (χ0) is 22.6. The van der Waals surface area contributed by atoms with Crippen molar-refractivity contribution in [3.63, 3.8) is 0 Å². The summed E-state index contributed by atoms with van der Waals surface area (Å²) < 4.78 is 11.0. The zero-order valence-electron chi connectivity index (χ0n) is 19.2. The number of amides is 1. The number of ether oxygens (including phenoxy) is 2. The number of benzene rings is 2. The van der Waals surface area contributed by atoms with Crippen LogP contribution in [0.2, 0.25) is 0 Å². The first-order chi connectivity index (χ1) is 14.9. The molecule has 7 nitrogen and oxygen atoms in total. The van der Waals surface area contributed by atoms with Gasteiger partial charge in [0, 0.05) is 27.2 Å². The van der Waals surface area contributed by atoms with Gasteiger partial charge in [-0.15, -0.1) is 0 Å². The molecule has 0 aliphatic carbocycles. The van der Waals surface area contributed by atoms with Crippen LogP contribution in [0, 0.1) is 6.92 Å². The Morgan fingerprint density at radius 1 is 1.13 bits per heavy atom. The third kappa shape index (κ3) is 8.20. The SMILES string of the molecule is CCNC(=NCc1cccc(OCC(=O)N(C)C)c1)NCCc1cc(C)ccc1OC. The number of carbonyl (C=O) groups is 1. The Kier molecular flexibility index (Phi) is 9.68. The summed E-state index contributed by atoms with van der Waals surface area (Å²) in [7, 11) is 5.11. The predicted octanol–water partition coefficient (Wildman–Crippen LogP) is 2.77. The molecule has 2 rings (SSSR count). The van der Waals surface area contributed by atoms with E-state index in [1.54, 1.807) is 21.2 Å². The Bertz CT molecular complexity index is 881. The lowest BCUT2D eigenvalue weighted by molar-refractivity contribution is -0.130. The summed E-state index contributed by atoms with van der Waals surface area (Å²) in [6.45, 7) is 6.15. The molecule has 1 amide bonds. The molecular weight excluding hydrogens is 392 g/mol. The van der Waals surface area contributed by atoms with Crippen LogP contribution in [-0.2, 0) is 17.8 Å². The fourth-order valence-corrected chi connectivity index (χ4v) is 2.94. The highest BCUT2D eigenvalue weighted by atomic mass is 16.5.